The fourth-order valence-electron chi connectivity index (χ4n) is 3.50. The number of anilines is 1. The number of benzene rings is 1. The highest BCUT2D eigenvalue weighted by Gasteiger charge is 2.42. The summed E-state index contributed by atoms with van der Waals surface area (Å²) in [7, 11) is 0. The first-order valence-corrected chi connectivity index (χ1v) is 7.69. The van der Waals surface area contributed by atoms with E-state index in [-0.39, 0.29) is 18.1 Å². The van der Waals surface area contributed by atoms with Gasteiger partial charge in [-0.1, -0.05) is 25.3 Å². The van der Waals surface area contributed by atoms with Gasteiger partial charge in [0.1, 0.15) is 5.52 Å². The van der Waals surface area contributed by atoms with Crippen LogP contribution >= 0.6 is 0 Å². The molecule has 2 unspecified atom stereocenters. The molecular weight excluding hydrogens is 266 g/mol. The minimum Gasteiger partial charge on any atom is -0.423 e. The van der Waals surface area contributed by atoms with E-state index < -0.39 is 0 Å². The average Bonchev–Trinajstić information content (AvgIpc) is 2.91. The van der Waals surface area contributed by atoms with Crippen molar-refractivity contribution in [1.29, 1.82) is 0 Å². The highest BCUT2D eigenvalue weighted by molar-refractivity contribution is 5.94. The molecule has 5 nitrogen and oxygen atoms in total. The molecule has 2 aliphatic rings. The van der Waals surface area contributed by atoms with Crippen LogP contribution < -0.4 is 10.2 Å². The third-order valence-electron chi connectivity index (χ3n) is 4.58. The van der Waals surface area contributed by atoms with Crippen LogP contribution in [-0.2, 0) is 0 Å². The third kappa shape index (κ3) is 2.07. The Hall–Kier alpha value is -2.04. The predicted molar refractivity (Wildman–Crippen MR) is 80.4 cm³/mol. The number of amides is 2. The zero-order chi connectivity index (χ0) is 14.4. The van der Waals surface area contributed by atoms with Gasteiger partial charge in [-0.25, -0.2) is 9.69 Å². The monoisotopic (exact) mass is 285 g/mol. The Morgan fingerprint density at radius 3 is 3.05 bits per heavy atom. The largest absolute Gasteiger partial charge is 0.423 e. The molecule has 1 N–H and O–H groups in total. The summed E-state index contributed by atoms with van der Waals surface area (Å²) in [6.45, 7) is 2.02. The number of hydrogen-bond acceptors (Lipinski definition) is 3. The SMILES string of the molecule is Cc1ccc2nc(N3C(=O)NC4CCCCCC43)oc2c1. The Bertz CT molecular complexity index is 694. The number of nitrogens with zero attached hydrogens (tertiary/aromatic N) is 2. The van der Waals surface area contributed by atoms with Gasteiger partial charge in [-0.15, -0.1) is 0 Å². The molecule has 2 heterocycles. The van der Waals surface area contributed by atoms with Crippen LogP contribution in [0.25, 0.3) is 11.1 Å². The van der Waals surface area contributed by atoms with Crippen molar-refractivity contribution < 1.29 is 9.21 Å². The summed E-state index contributed by atoms with van der Waals surface area (Å²) < 4.78 is 5.85. The second-order valence-electron chi connectivity index (χ2n) is 6.10. The lowest BCUT2D eigenvalue weighted by molar-refractivity contribution is 0.249. The maximum absolute atomic E-state index is 12.3. The van der Waals surface area contributed by atoms with Crippen LogP contribution in [0.2, 0.25) is 0 Å². The van der Waals surface area contributed by atoms with E-state index in [1.165, 1.54) is 12.8 Å². The number of nitrogens with one attached hydrogen (secondary N) is 1. The molecule has 0 spiro atoms. The molecule has 4 rings (SSSR count). The molecule has 1 saturated heterocycles. The molecule has 1 aromatic carbocycles. The van der Waals surface area contributed by atoms with E-state index in [9.17, 15) is 4.79 Å². The van der Waals surface area contributed by atoms with E-state index in [4.69, 9.17) is 4.42 Å². The first-order chi connectivity index (χ1) is 10.2. The maximum Gasteiger partial charge on any atom is 0.326 e. The van der Waals surface area contributed by atoms with Gasteiger partial charge in [-0.2, -0.15) is 4.98 Å². The predicted octanol–water partition coefficient (Wildman–Crippen LogP) is 3.37. The second-order valence-corrected chi connectivity index (χ2v) is 6.10. The Labute approximate surface area is 123 Å². The van der Waals surface area contributed by atoms with Crippen LogP contribution in [0.15, 0.2) is 22.6 Å². The number of carbonyl (C=O) groups excluding carboxylic acids is 1. The lowest BCUT2D eigenvalue weighted by Gasteiger charge is -2.21. The smallest absolute Gasteiger partial charge is 0.326 e. The van der Waals surface area contributed by atoms with Crippen molar-refractivity contribution in [3.8, 4) is 0 Å². The van der Waals surface area contributed by atoms with E-state index in [1.54, 1.807) is 4.90 Å². The topological polar surface area (TPSA) is 58.4 Å². The Kier molecular flexibility index (Phi) is 2.87. The van der Waals surface area contributed by atoms with Crippen LogP contribution in [0.3, 0.4) is 0 Å². The van der Waals surface area contributed by atoms with Crippen molar-refractivity contribution >= 4 is 23.1 Å². The molecule has 21 heavy (non-hydrogen) atoms. The summed E-state index contributed by atoms with van der Waals surface area (Å²) in [5.74, 6) is 0. The summed E-state index contributed by atoms with van der Waals surface area (Å²) >= 11 is 0. The van der Waals surface area contributed by atoms with Gasteiger partial charge in [0.25, 0.3) is 0 Å². The summed E-state index contributed by atoms with van der Waals surface area (Å²) in [4.78, 5) is 18.5. The van der Waals surface area contributed by atoms with Crippen molar-refractivity contribution in [1.82, 2.24) is 10.3 Å². The Morgan fingerprint density at radius 2 is 2.14 bits per heavy atom. The average molecular weight is 285 g/mol. The molecule has 5 heteroatoms. The maximum atomic E-state index is 12.3. The summed E-state index contributed by atoms with van der Waals surface area (Å²) in [5.41, 5.74) is 2.68. The Balaban J connectivity index is 1.73. The molecule has 2 amide bonds. The number of hydrogen-bond donors (Lipinski definition) is 1. The standard InChI is InChI=1S/C16H19N3O2/c1-10-7-8-12-14(9-10)21-16(18-12)19-13-6-4-2-3-5-11(13)17-15(19)20/h7-9,11,13H,2-6H2,1H3,(H,17,20). The number of aromatic nitrogens is 1. The Morgan fingerprint density at radius 1 is 1.29 bits per heavy atom. The zero-order valence-electron chi connectivity index (χ0n) is 12.1. The van der Waals surface area contributed by atoms with Crippen molar-refractivity contribution in [3.05, 3.63) is 23.8 Å². The first-order valence-electron chi connectivity index (χ1n) is 7.69. The zero-order valence-corrected chi connectivity index (χ0v) is 12.1. The summed E-state index contributed by atoms with van der Waals surface area (Å²) in [5, 5.41) is 3.09. The van der Waals surface area contributed by atoms with Crippen LogP contribution in [0, 0.1) is 6.92 Å². The normalized spacial score (nSPS) is 25.8. The second kappa shape index (κ2) is 4.76. The lowest BCUT2D eigenvalue weighted by atomic mass is 10.0. The molecule has 0 radical (unpaired) electrons. The number of rotatable bonds is 1. The van der Waals surface area contributed by atoms with E-state index in [0.29, 0.717) is 6.01 Å². The highest BCUT2D eigenvalue weighted by Crippen LogP contribution is 2.32. The van der Waals surface area contributed by atoms with Crippen molar-refractivity contribution in [2.45, 2.75) is 51.1 Å². The number of urea groups is 1. The lowest BCUT2D eigenvalue weighted by Crippen LogP contribution is -2.36. The van der Waals surface area contributed by atoms with Gasteiger partial charge in [0, 0.05) is 0 Å². The molecule has 2 aromatic rings. The third-order valence-corrected chi connectivity index (χ3v) is 4.58. The van der Waals surface area contributed by atoms with Crippen molar-refractivity contribution in [2.24, 2.45) is 0 Å². The van der Waals surface area contributed by atoms with E-state index in [1.807, 2.05) is 25.1 Å². The van der Waals surface area contributed by atoms with Crippen molar-refractivity contribution in [3.63, 3.8) is 0 Å². The van der Waals surface area contributed by atoms with Gasteiger partial charge in [-0.3, -0.25) is 0 Å². The van der Waals surface area contributed by atoms with E-state index in [0.717, 1.165) is 35.9 Å². The van der Waals surface area contributed by atoms with Gasteiger partial charge in [-0.05, 0) is 37.5 Å². The van der Waals surface area contributed by atoms with Crippen LogP contribution in [0.4, 0.5) is 10.8 Å². The molecule has 2 fully saturated rings. The molecule has 2 atom stereocenters. The minimum absolute atomic E-state index is 0.0739. The van der Waals surface area contributed by atoms with Gasteiger partial charge in [0.05, 0.1) is 12.1 Å². The summed E-state index contributed by atoms with van der Waals surface area (Å²) in [6, 6.07) is 6.68. The number of oxazole rings is 1. The molecule has 1 aliphatic heterocycles. The number of carbonyl (C=O) groups is 1. The van der Waals surface area contributed by atoms with Crippen LogP contribution in [0.1, 0.15) is 37.7 Å². The quantitative estimate of drug-likeness (QED) is 0.874. The highest BCUT2D eigenvalue weighted by atomic mass is 16.4. The number of aryl methyl sites for hydroxylation is 1. The molecule has 1 saturated carbocycles. The minimum atomic E-state index is -0.0739. The van der Waals surface area contributed by atoms with Gasteiger partial charge in [0.2, 0.25) is 0 Å². The molecule has 1 aliphatic carbocycles. The first kappa shape index (κ1) is 12.7. The molecule has 1 aromatic heterocycles. The van der Waals surface area contributed by atoms with Gasteiger partial charge < -0.3 is 9.73 Å². The van der Waals surface area contributed by atoms with Crippen molar-refractivity contribution in [2.75, 3.05) is 4.90 Å². The summed E-state index contributed by atoms with van der Waals surface area (Å²) in [6.07, 6.45) is 5.64. The number of fused-ring (bicyclic) bond motifs is 2. The van der Waals surface area contributed by atoms with Gasteiger partial charge in [0.15, 0.2) is 5.58 Å². The molecule has 0 bridgehead atoms. The van der Waals surface area contributed by atoms with E-state index >= 15 is 0 Å². The van der Waals surface area contributed by atoms with Gasteiger partial charge >= 0.3 is 12.0 Å². The van der Waals surface area contributed by atoms with E-state index in [2.05, 4.69) is 10.3 Å². The fraction of sp³-hybridized carbons (Fsp3) is 0.500. The van der Waals surface area contributed by atoms with Crippen LogP contribution in [-0.4, -0.2) is 23.1 Å². The molecular formula is C16H19N3O2. The fourth-order valence-corrected chi connectivity index (χ4v) is 3.50. The van der Waals surface area contributed by atoms with Crippen LogP contribution in [0.5, 0.6) is 0 Å². The molecule has 110 valence electrons.